The summed E-state index contributed by atoms with van der Waals surface area (Å²) in [5.41, 5.74) is 1.05. The van der Waals surface area contributed by atoms with E-state index in [1.165, 1.54) is 12.1 Å². The zero-order chi connectivity index (χ0) is 17.6. The molecule has 0 saturated carbocycles. The SMILES string of the molecule is OCC1CC[C@@H]2[C@H](O1)c1cc(Cl)cc(F)c1N[C@H]2C1C=CC=C(F)C1. The molecule has 2 heterocycles. The van der Waals surface area contributed by atoms with Crippen molar-refractivity contribution >= 4 is 17.3 Å². The van der Waals surface area contributed by atoms with Gasteiger partial charge in [0.05, 0.1) is 24.5 Å². The molecule has 1 fully saturated rings. The highest BCUT2D eigenvalue weighted by Crippen LogP contribution is 2.49. The Bertz CT molecular complexity index is 736. The van der Waals surface area contributed by atoms with E-state index in [0.29, 0.717) is 22.7 Å². The Morgan fingerprint density at radius 1 is 1.28 bits per heavy atom. The largest absolute Gasteiger partial charge is 0.394 e. The van der Waals surface area contributed by atoms with E-state index in [4.69, 9.17) is 16.3 Å². The summed E-state index contributed by atoms with van der Waals surface area (Å²) < 4.78 is 34.4. The number of anilines is 1. The lowest BCUT2D eigenvalue weighted by Gasteiger charge is -2.47. The summed E-state index contributed by atoms with van der Waals surface area (Å²) in [6.07, 6.45) is 6.36. The summed E-state index contributed by atoms with van der Waals surface area (Å²) in [6.45, 7) is -0.0691. The molecule has 1 aromatic carbocycles. The van der Waals surface area contributed by atoms with Crippen molar-refractivity contribution in [2.24, 2.45) is 11.8 Å². The van der Waals surface area contributed by atoms with Crippen LogP contribution < -0.4 is 5.32 Å². The van der Waals surface area contributed by atoms with Gasteiger partial charge < -0.3 is 15.2 Å². The van der Waals surface area contributed by atoms with E-state index < -0.39 is 5.82 Å². The van der Waals surface area contributed by atoms with Gasteiger partial charge in [-0.1, -0.05) is 23.8 Å². The summed E-state index contributed by atoms with van der Waals surface area (Å²) in [5, 5.41) is 13.1. The molecule has 0 amide bonds. The van der Waals surface area contributed by atoms with Gasteiger partial charge in [0.15, 0.2) is 0 Å². The highest BCUT2D eigenvalue weighted by molar-refractivity contribution is 6.30. The quantitative estimate of drug-likeness (QED) is 0.806. The molecule has 2 aliphatic heterocycles. The Labute approximate surface area is 150 Å². The lowest BCUT2D eigenvalue weighted by molar-refractivity contribution is -0.112. The fraction of sp³-hybridized carbons (Fsp3) is 0.474. The first-order chi connectivity index (χ1) is 12.1. The van der Waals surface area contributed by atoms with Gasteiger partial charge in [0.2, 0.25) is 0 Å². The van der Waals surface area contributed by atoms with Gasteiger partial charge in [0.25, 0.3) is 0 Å². The number of fused-ring (bicyclic) bond motifs is 3. The van der Waals surface area contributed by atoms with Crippen molar-refractivity contribution in [2.75, 3.05) is 11.9 Å². The van der Waals surface area contributed by atoms with Crippen LogP contribution in [0.4, 0.5) is 14.5 Å². The number of halogens is 3. The van der Waals surface area contributed by atoms with Crippen molar-refractivity contribution in [3.05, 3.63) is 52.6 Å². The number of aliphatic hydroxyl groups excluding tert-OH is 1. The topological polar surface area (TPSA) is 41.5 Å². The first kappa shape index (κ1) is 17.0. The molecular weight excluding hydrogens is 348 g/mol. The minimum atomic E-state index is -0.434. The van der Waals surface area contributed by atoms with E-state index in [0.717, 1.165) is 12.8 Å². The fourth-order valence-electron chi connectivity index (χ4n) is 4.29. The second kappa shape index (κ2) is 6.71. The molecule has 2 N–H and O–H groups in total. The van der Waals surface area contributed by atoms with Gasteiger partial charge in [-0.05, 0) is 31.1 Å². The maximum Gasteiger partial charge on any atom is 0.148 e. The molecule has 5 atom stereocenters. The molecule has 0 spiro atoms. The van der Waals surface area contributed by atoms with Crippen molar-refractivity contribution in [1.82, 2.24) is 0 Å². The van der Waals surface area contributed by atoms with Gasteiger partial charge in [0, 0.05) is 34.9 Å². The molecule has 3 aliphatic rings. The average molecular weight is 368 g/mol. The van der Waals surface area contributed by atoms with Crippen LogP contribution >= 0.6 is 11.6 Å². The molecule has 134 valence electrons. The summed E-state index contributed by atoms with van der Waals surface area (Å²) in [5.74, 6) is -0.613. The third-order valence-electron chi connectivity index (χ3n) is 5.45. The molecular formula is C19H20ClF2NO2. The normalized spacial score (nSPS) is 33.9. The number of aliphatic hydroxyl groups is 1. The molecule has 1 aliphatic carbocycles. The molecule has 1 aromatic rings. The lowest BCUT2D eigenvalue weighted by atomic mass is 9.73. The third kappa shape index (κ3) is 3.09. The summed E-state index contributed by atoms with van der Waals surface area (Å²) in [6, 6.07) is 2.86. The van der Waals surface area contributed by atoms with Crippen molar-refractivity contribution < 1.29 is 18.6 Å². The first-order valence-electron chi connectivity index (χ1n) is 8.61. The van der Waals surface area contributed by atoms with Crippen LogP contribution in [0.3, 0.4) is 0 Å². The lowest BCUT2D eigenvalue weighted by Crippen LogP contribution is -2.47. The number of hydrogen-bond acceptors (Lipinski definition) is 3. The number of hydrogen-bond donors (Lipinski definition) is 2. The van der Waals surface area contributed by atoms with Crippen LogP contribution in [0.25, 0.3) is 0 Å². The van der Waals surface area contributed by atoms with E-state index in [1.54, 1.807) is 12.1 Å². The van der Waals surface area contributed by atoms with Crippen LogP contribution in [0.2, 0.25) is 5.02 Å². The second-order valence-corrected chi connectivity index (χ2v) is 7.43. The van der Waals surface area contributed by atoms with E-state index in [9.17, 15) is 13.9 Å². The van der Waals surface area contributed by atoms with E-state index in [1.807, 2.05) is 6.08 Å². The standard InChI is InChI=1S/C19H20ClF2NO2/c20-11-7-15-18(16(22)8-11)23-17(10-2-1-3-12(21)6-10)14-5-4-13(9-24)25-19(14)15/h1-3,7-8,10,13-14,17,19,23-24H,4-6,9H2/t10?,13?,14-,17-,19-/m0/s1. The minimum Gasteiger partial charge on any atom is -0.394 e. The van der Waals surface area contributed by atoms with Crippen LogP contribution in [0.1, 0.15) is 30.9 Å². The van der Waals surface area contributed by atoms with Crippen LogP contribution in [0.15, 0.2) is 36.2 Å². The van der Waals surface area contributed by atoms with Gasteiger partial charge >= 0.3 is 0 Å². The van der Waals surface area contributed by atoms with Gasteiger partial charge in [-0.15, -0.1) is 0 Å². The first-order valence-corrected chi connectivity index (χ1v) is 8.99. The van der Waals surface area contributed by atoms with E-state index in [-0.39, 0.29) is 42.5 Å². The molecule has 6 heteroatoms. The average Bonchev–Trinajstić information content (AvgIpc) is 2.60. The van der Waals surface area contributed by atoms with Crippen LogP contribution in [0.5, 0.6) is 0 Å². The number of benzene rings is 1. The van der Waals surface area contributed by atoms with Crippen LogP contribution in [0, 0.1) is 17.7 Å². The molecule has 25 heavy (non-hydrogen) atoms. The Kier molecular flexibility index (Phi) is 4.56. The minimum absolute atomic E-state index is 0.0636. The highest BCUT2D eigenvalue weighted by Gasteiger charge is 2.45. The predicted molar refractivity (Wildman–Crippen MR) is 92.7 cm³/mol. The molecule has 2 unspecified atom stereocenters. The van der Waals surface area contributed by atoms with Gasteiger partial charge in [-0.25, -0.2) is 8.78 Å². The van der Waals surface area contributed by atoms with Crippen LogP contribution in [-0.4, -0.2) is 23.9 Å². The van der Waals surface area contributed by atoms with E-state index >= 15 is 0 Å². The molecule has 0 aromatic heterocycles. The van der Waals surface area contributed by atoms with Crippen molar-refractivity contribution in [1.29, 1.82) is 0 Å². The molecule has 0 radical (unpaired) electrons. The predicted octanol–water partition coefficient (Wildman–Crippen LogP) is 4.53. The van der Waals surface area contributed by atoms with Crippen LogP contribution in [-0.2, 0) is 4.74 Å². The highest BCUT2D eigenvalue weighted by atomic mass is 35.5. The second-order valence-electron chi connectivity index (χ2n) is 6.99. The van der Waals surface area contributed by atoms with Crippen molar-refractivity contribution in [2.45, 2.75) is 37.5 Å². The number of ether oxygens (including phenoxy) is 1. The van der Waals surface area contributed by atoms with Gasteiger partial charge in [-0.2, -0.15) is 0 Å². The summed E-state index contributed by atoms with van der Waals surface area (Å²) in [7, 11) is 0. The maximum atomic E-state index is 14.5. The summed E-state index contributed by atoms with van der Waals surface area (Å²) in [4.78, 5) is 0. The summed E-state index contributed by atoms with van der Waals surface area (Å²) >= 11 is 6.05. The van der Waals surface area contributed by atoms with E-state index in [2.05, 4.69) is 5.32 Å². The number of allylic oxidation sites excluding steroid dienone is 3. The Morgan fingerprint density at radius 3 is 2.88 bits per heavy atom. The van der Waals surface area contributed by atoms with Gasteiger partial charge in [0.1, 0.15) is 11.6 Å². The van der Waals surface area contributed by atoms with Crippen molar-refractivity contribution in [3.63, 3.8) is 0 Å². The monoisotopic (exact) mass is 367 g/mol. The Hall–Kier alpha value is -1.43. The Morgan fingerprint density at radius 2 is 2.12 bits per heavy atom. The fourth-order valence-corrected chi connectivity index (χ4v) is 4.50. The smallest absolute Gasteiger partial charge is 0.148 e. The molecule has 0 bridgehead atoms. The number of nitrogens with one attached hydrogen (secondary N) is 1. The number of rotatable bonds is 2. The zero-order valence-electron chi connectivity index (χ0n) is 13.6. The van der Waals surface area contributed by atoms with Crippen molar-refractivity contribution in [3.8, 4) is 0 Å². The molecule has 4 rings (SSSR count). The third-order valence-corrected chi connectivity index (χ3v) is 5.66. The Balaban J connectivity index is 1.73. The maximum absolute atomic E-state index is 14.5. The van der Waals surface area contributed by atoms with Gasteiger partial charge in [-0.3, -0.25) is 0 Å². The molecule has 1 saturated heterocycles. The zero-order valence-corrected chi connectivity index (χ0v) is 14.3. The molecule has 3 nitrogen and oxygen atoms in total.